The van der Waals surface area contributed by atoms with Gasteiger partial charge in [-0.2, -0.15) is 0 Å². The first-order valence-electron chi connectivity index (χ1n) is 6.89. The molecular weight excluding hydrogens is 274 g/mol. The second-order valence-electron chi connectivity index (χ2n) is 5.02. The van der Waals surface area contributed by atoms with Crippen molar-refractivity contribution in [2.75, 3.05) is 33.4 Å². The standard InChI is InChI=1S/C15H19NO5/c1-16(6-5-15(18)19)10-12(17)11-3-4-13-14(9-11)21-8-2-7-20-13/h3-4,9H,2,5-8,10H2,1H3,(H,18,19). The van der Waals surface area contributed by atoms with Gasteiger partial charge in [-0.15, -0.1) is 0 Å². The van der Waals surface area contributed by atoms with Gasteiger partial charge in [-0.1, -0.05) is 0 Å². The molecule has 0 aliphatic carbocycles. The number of ether oxygens (including phenoxy) is 2. The van der Waals surface area contributed by atoms with Gasteiger partial charge in [-0.05, 0) is 25.2 Å². The SMILES string of the molecule is CN(CCC(=O)O)CC(=O)c1ccc2c(c1)OCCCO2. The Morgan fingerprint density at radius 1 is 1.24 bits per heavy atom. The van der Waals surface area contributed by atoms with Crippen molar-refractivity contribution in [3.05, 3.63) is 23.8 Å². The number of carboxylic acid groups (broad SMARTS) is 1. The Balaban J connectivity index is 1.99. The zero-order valence-corrected chi connectivity index (χ0v) is 12.0. The molecule has 0 atom stereocenters. The molecule has 1 aromatic carbocycles. The van der Waals surface area contributed by atoms with Crippen LogP contribution in [0.2, 0.25) is 0 Å². The molecule has 21 heavy (non-hydrogen) atoms. The van der Waals surface area contributed by atoms with Crippen LogP contribution in [0.15, 0.2) is 18.2 Å². The molecule has 2 rings (SSSR count). The largest absolute Gasteiger partial charge is 0.490 e. The van der Waals surface area contributed by atoms with E-state index < -0.39 is 5.97 Å². The van der Waals surface area contributed by atoms with Crippen molar-refractivity contribution < 1.29 is 24.2 Å². The Hall–Kier alpha value is -2.08. The van der Waals surface area contributed by atoms with Crippen LogP contribution < -0.4 is 9.47 Å². The maximum Gasteiger partial charge on any atom is 0.304 e. The van der Waals surface area contributed by atoms with Gasteiger partial charge in [-0.3, -0.25) is 14.5 Å². The second kappa shape index (κ2) is 7.08. The van der Waals surface area contributed by atoms with Gasteiger partial charge in [0, 0.05) is 18.5 Å². The Morgan fingerprint density at radius 3 is 2.67 bits per heavy atom. The highest BCUT2D eigenvalue weighted by Gasteiger charge is 2.15. The van der Waals surface area contributed by atoms with Crippen LogP contribution in [0, 0.1) is 0 Å². The molecule has 0 unspecified atom stereocenters. The molecule has 0 bridgehead atoms. The van der Waals surface area contributed by atoms with Crippen LogP contribution in [0.25, 0.3) is 0 Å². The van der Waals surface area contributed by atoms with Crippen molar-refractivity contribution in [3.8, 4) is 11.5 Å². The van der Waals surface area contributed by atoms with E-state index in [1.165, 1.54) is 0 Å². The number of likely N-dealkylation sites (N-methyl/N-ethyl adjacent to an activating group) is 1. The molecule has 114 valence electrons. The van der Waals surface area contributed by atoms with Crippen molar-refractivity contribution in [1.82, 2.24) is 4.90 Å². The monoisotopic (exact) mass is 293 g/mol. The van der Waals surface area contributed by atoms with Crippen LogP contribution in [0.1, 0.15) is 23.2 Å². The molecule has 0 amide bonds. The van der Waals surface area contributed by atoms with E-state index in [4.69, 9.17) is 14.6 Å². The summed E-state index contributed by atoms with van der Waals surface area (Å²) in [5.41, 5.74) is 0.543. The Labute approximate surface area is 123 Å². The Bertz CT molecular complexity index is 529. The maximum absolute atomic E-state index is 12.2. The average Bonchev–Trinajstić information content (AvgIpc) is 2.69. The van der Waals surface area contributed by atoms with Gasteiger partial charge in [0.25, 0.3) is 0 Å². The van der Waals surface area contributed by atoms with Crippen molar-refractivity contribution >= 4 is 11.8 Å². The molecule has 1 aliphatic heterocycles. The number of hydrogen-bond acceptors (Lipinski definition) is 5. The summed E-state index contributed by atoms with van der Waals surface area (Å²) in [6, 6.07) is 5.14. The lowest BCUT2D eigenvalue weighted by atomic mass is 10.1. The van der Waals surface area contributed by atoms with Crippen LogP contribution in [-0.4, -0.2) is 55.1 Å². The first-order chi connectivity index (χ1) is 10.1. The second-order valence-corrected chi connectivity index (χ2v) is 5.02. The van der Waals surface area contributed by atoms with Gasteiger partial charge in [0.1, 0.15) is 0 Å². The maximum atomic E-state index is 12.2. The fraction of sp³-hybridized carbons (Fsp3) is 0.467. The molecule has 0 radical (unpaired) electrons. The third kappa shape index (κ3) is 4.46. The van der Waals surface area contributed by atoms with Crippen molar-refractivity contribution in [3.63, 3.8) is 0 Å². The van der Waals surface area contributed by atoms with Gasteiger partial charge >= 0.3 is 5.97 Å². The van der Waals surface area contributed by atoms with Crippen molar-refractivity contribution in [2.45, 2.75) is 12.8 Å². The van der Waals surface area contributed by atoms with Gasteiger partial charge < -0.3 is 14.6 Å². The molecule has 6 nitrogen and oxygen atoms in total. The fourth-order valence-corrected chi connectivity index (χ4v) is 2.04. The lowest BCUT2D eigenvalue weighted by Crippen LogP contribution is -2.28. The highest BCUT2D eigenvalue weighted by atomic mass is 16.5. The van der Waals surface area contributed by atoms with E-state index in [9.17, 15) is 9.59 Å². The lowest BCUT2D eigenvalue weighted by Gasteiger charge is -2.15. The Kier molecular flexibility index (Phi) is 5.16. The molecule has 0 fully saturated rings. The normalized spacial score (nSPS) is 13.8. The number of benzene rings is 1. The van der Waals surface area contributed by atoms with Gasteiger partial charge in [0.05, 0.1) is 26.2 Å². The van der Waals surface area contributed by atoms with Gasteiger partial charge in [-0.25, -0.2) is 0 Å². The van der Waals surface area contributed by atoms with E-state index >= 15 is 0 Å². The smallest absolute Gasteiger partial charge is 0.304 e. The number of nitrogens with zero attached hydrogens (tertiary/aromatic N) is 1. The zero-order valence-electron chi connectivity index (χ0n) is 12.0. The van der Waals surface area contributed by atoms with E-state index in [0.717, 1.165) is 6.42 Å². The number of hydrogen-bond donors (Lipinski definition) is 1. The van der Waals surface area contributed by atoms with Gasteiger partial charge in [0.2, 0.25) is 0 Å². The molecule has 1 aromatic rings. The topological polar surface area (TPSA) is 76.1 Å². The molecule has 0 aromatic heterocycles. The number of carboxylic acids is 1. The third-order valence-corrected chi connectivity index (χ3v) is 3.19. The third-order valence-electron chi connectivity index (χ3n) is 3.19. The lowest BCUT2D eigenvalue weighted by molar-refractivity contribution is -0.137. The minimum Gasteiger partial charge on any atom is -0.490 e. The minimum absolute atomic E-state index is 0.0188. The van der Waals surface area contributed by atoms with Crippen molar-refractivity contribution in [1.29, 1.82) is 0 Å². The summed E-state index contributed by atoms with van der Waals surface area (Å²) in [5, 5.41) is 8.63. The highest BCUT2D eigenvalue weighted by Crippen LogP contribution is 2.30. The molecule has 0 saturated heterocycles. The van der Waals surface area contributed by atoms with E-state index in [1.54, 1.807) is 30.1 Å². The number of rotatable bonds is 6. The van der Waals surface area contributed by atoms with E-state index in [-0.39, 0.29) is 18.7 Å². The summed E-state index contributed by atoms with van der Waals surface area (Å²) in [6.07, 6.45) is 0.834. The highest BCUT2D eigenvalue weighted by molar-refractivity contribution is 5.98. The molecule has 0 saturated carbocycles. The van der Waals surface area contributed by atoms with Crippen LogP contribution in [0.4, 0.5) is 0 Å². The van der Waals surface area contributed by atoms with Crippen molar-refractivity contribution in [2.24, 2.45) is 0 Å². The van der Waals surface area contributed by atoms with Gasteiger partial charge in [0.15, 0.2) is 17.3 Å². The summed E-state index contributed by atoms with van der Waals surface area (Å²) >= 11 is 0. The summed E-state index contributed by atoms with van der Waals surface area (Å²) in [7, 11) is 1.73. The van der Waals surface area contributed by atoms with E-state index in [2.05, 4.69) is 0 Å². The summed E-state index contributed by atoms with van der Waals surface area (Å²) in [5.74, 6) is 0.304. The molecule has 1 heterocycles. The predicted octanol–water partition coefficient (Wildman–Crippen LogP) is 1.44. The number of fused-ring (bicyclic) bond motifs is 1. The fourth-order valence-electron chi connectivity index (χ4n) is 2.04. The average molecular weight is 293 g/mol. The first kappa shape index (κ1) is 15.3. The van der Waals surface area contributed by atoms with Crippen LogP contribution in [-0.2, 0) is 4.79 Å². The number of Topliss-reactive ketones (excluding diaryl/α,β-unsaturated/α-hetero) is 1. The Morgan fingerprint density at radius 2 is 1.95 bits per heavy atom. The van der Waals surface area contributed by atoms with Crippen LogP contribution in [0.5, 0.6) is 11.5 Å². The minimum atomic E-state index is -0.870. The molecular formula is C15H19NO5. The van der Waals surface area contributed by atoms with E-state index in [0.29, 0.717) is 36.8 Å². The first-order valence-corrected chi connectivity index (χ1v) is 6.89. The number of ketones is 1. The molecule has 6 heteroatoms. The number of carbonyl (C=O) groups is 2. The quantitative estimate of drug-likeness (QED) is 0.800. The summed E-state index contributed by atoms with van der Waals surface area (Å²) in [6.45, 7) is 1.69. The van der Waals surface area contributed by atoms with E-state index in [1.807, 2.05) is 0 Å². The number of aliphatic carboxylic acids is 1. The molecule has 0 spiro atoms. The van der Waals surface area contributed by atoms with Crippen LogP contribution >= 0.6 is 0 Å². The predicted molar refractivity (Wildman–Crippen MR) is 76.1 cm³/mol. The van der Waals surface area contributed by atoms with Crippen LogP contribution in [0.3, 0.4) is 0 Å². The summed E-state index contributed by atoms with van der Waals surface area (Å²) < 4.78 is 11.1. The summed E-state index contributed by atoms with van der Waals surface area (Å²) in [4.78, 5) is 24.4. The number of carbonyl (C=O) groups excluding carboxylic acids is 1. The molecule has 1 aliphatic rings. The molecule has 1 N–H and O–H groups in total. The zero-order chi connectivity index (χ0) is 15.2.